The van der Waals surface area contributed by atoms with Gasteiger partial charge in [0.15, 0.2) is 0 Å². The van der Waals surface area contributed by atoms with Crippen LogP contribution in [0.5, 0.6) is 0 Å². The molecule has 7 nitrogen and oxygen atoms in total. The van der Waals surface area contributed by atoms with Crippen LogP contribution >= 0.6 is 0 Å². The van der Waals surface area contributed by atoms with Crippen LogP contribution in [0.3, 0.4) is 0 Å². The Morgan fingerprint density at radius 2 is 1.69 bits per heavy atom. The number of benzene rings is 3. The summed E-state index contributed by atoms with van der Waals surface area (Å²) in [6.45, 7) is 1.44. The molecule has 0 aliphatic heterocycles. The maximum Gasteiger partial charge on any atom is 0.244 e. The summed E-state index contributed by atoms with van der Waals surface area (Å²) in [7, 11) is -3.82. The quantitative estimate of drug-likeness (QED) is 0.259. The highest BCUT2D eigenvalue weighted by atomic mass is 32.2. The zero-order chi connectivity index (χ0) is 26.7. The average molecular weight is 538 g/mol. The lowest BCUT2D eigenvalue weighted by Gasteiger charge is -2.34. The second kappa shape index (κ2) is 11.1. The van der Waals surface area contributed by atoms with Crippen LogP contribution in [0.1, 0.15) is 47.1 Å². The molecule has 5 aromatic rings. The van der Waals surface area contributed by atoms with E-state index in [2.05, 4.69) is 27.4 Å². The summed E-state index contributed by atoms with van der Waals surface area (Å²) in [6.07, 6.45) is 4.45. The summed E-state index contributed by atoms with van der Waals surface area (Å²) < 4.78 is 30.1. The second-order valence-corrected chi connectivity index (χ2v) is 11.8. The van der Waals surface area contributed by atoms with Crippen LogP contribution in [0.2, 0.25) is 0 Å². The molecule has 1 aliphatic rings. The lowest BCUT2D eigenvalue weighted by molar-refractivity contribution is 0.283. The number of aromatic amines is 1. The van der Waals surface area contributed by atoms with Crippen LogP contribution in [-0.2, 0) is 36.1 Å². The summed E-state index contributed by atoms with van der Waals surface area (Å²) in [4.78, 5) is 12.7. The number of aryl methyl sites for hydroxylation is 1. The van der Waals surface area contributed by atoms with E-state index in [-0.39, 0.29) is 17.5 Å². The van der Waals surface area contributed by atoms with E-state index in [1.807, 2.05) is 66.7 Å². The smallest absolute Gasteiger partial charge is 0.244 e. The number of aromatic nitrogens is 3. The summed E-state index contributed by atoms with van der Waals surface area (Å²) in [5, 5.41) is 3.37. The first-order chi connectivity index (χ1) is 19.1. The number of pyridine rings is 1. The predicted octanol–water partition coefficient (Wildman–Crippen LogP) is 5.52. The van der Waals surface area contributed by atoms with Gasteiger partial charge in [0.25, 0.3) is 0 Å². The molecule has 1 atom stereocenters. The molecule has 198 valence electrons. The lowest BCUT2D eigenvalue weighted by Crippen LogP contribution is -2.36. The largest absolute Gasteiger partial charge is 0.341 e. The minimum atomic E-state index is -3.82. The van der Waals surface area contributed by atoms with E-state index in [1.54, 1.807) is 22.6 Å². The van der Waals surface area contributed by atoms with E-state index < -0.39 is 10.0 Å². The van der Waals surface area contributed by atoms with Crippen LogP contribution in [0, 0.1) is 0 Å². The molecule has 3 aromatic carbocycles. The molecule has 39 heavy (non-hydrogen) atoms. The molecule has 0 saturated heterocycles. The SMILES string of the molecule is O=S(=O)(c1ccc(CNCc2ccccn2)cc1)N(Cc1nc2ccccc2[nH]1)C1CCCc2ccccc21. The fourth-order valence-corrected chi connectivity index (χ4v) is 6.97. The van der Waals surface area contributed by atoms with Gasteiger partial charge in [-0.05, 0) is 72.4 Å². The zero-order valence-electron chi connectivity index (χ0n) is 21.6. The van der Waals surface area contributed by atoms with Gasteiger partial charge in [0, 0.05) is 19.3 Å². The first kappa shape index (κ1) is 25.4. The van der Waals surface area contributed by atoms with Gasteiger partial charge in [-0.25, -0.2) is 13.4 Å². The van der Waals surface area contributed by atoms with Crippen molar-refractivity contribution in [3.63, 3.8) is 0 Å². The average Bonchev–Trinajstić information content (AvgIpc) is 3.39. The monoisotopic (exact) mass is 537 g/mol. The molecule has 1 unspecified atom stereocenters. The van der Waals surface area contributed by atoms with Crippen LogP contribution in [0.15, 0.2) is 102 Å². The molecule has 0 spiro atoms. The van der Waals surface area contributed by atoms with Crippen molar-refractivity contribution in [3.8, 4) is 0 Å². The van der Waals surface area contributed by atoms with Crippen LogP contribution in [0.4, 0.5) is 0 Å². The topological polar surface area (TPSA) is 91.0 Å². The summed E-state index contributed by atoms with van der Waals surface area (Å²) >= 11 is 0. The van der Waals surface area contributed by atoms with Crippen molar-refractivity contribution in [2.75, 3.05) is 0 Å². The number of sulfonamides is 1. The first-order valence-corrected chi connectivity index (χ1v) is 14.7. The van der Waals surface area contributed by atoms with Gasteiger partial charge in [-0.15, -0.1) is 0 Å². The maximum absolute atomic E-state index is 14.2. The van der Waals surface area contributed by atoms with Crippen molar-refractivity contribution in [3.05, 3.63) is 125 Å². The number of hydrogen-bond donors (Lipinski definition) is 2. The van der Waals surface area contributed by atoms with E-state index in [1.165, 1.54) is 5.56 Å². The number of hydrogen-bond acceptors (Lipinski definition) is 5. The van der Waals surface area contributed by atoms with Gasteiger partial charge in [0.2, 0.25) is 10.0 Å². The van der Waals surface area contributed by atoms with Crippen molar-refractivity contribution < 1.29 is 8.42 Å². The van der Waals surface area contributed by atoms with Gasteiger partial charge in [-0.2, -0.15) is 4.31 Å². The molecule has 1 aliphatic carbocycles. The molecule has 2 heterocycles. The summed E-state index contributed by atoms with van der Waals surface area (Å²) in [5.41, 5.74) is 6.00. The molecule has 0 fully saturated rings. The highest BCUT2D eigenvalue weighted by Gasteiger charge is 2.35. The van der Waals surface area contributed by atoms with E-state index in [9.17, 15) is 8.42 Å². The van der Waals surface area contributed by atoms with Gasteiger partial charge >= 0.3 is 0 Å². The highest BCUT2D eigenvalue weighted by Crippen LogP contribution is 2.38. The van der Waals surface area contributed by atoms with E-state index in [0.717, 1.165) is 47.1 Å². The first-order valence-electron chi connectivity index (χ1n) is 13.3. The number of imidazole rings is 1. The number of nitrogens with zero attached hydrogens (tertiary/aromatic N) is 3. The van der Waals surface area contributed by atoms with E-state index >= 15 is 0 Å². The van der Waals surface area contributed by atoms with Crippen molar-refractivity contribution >= 4 is 21.1 Å². The molecular formula is C31H31N5O2S. The van der Waals surface area contributed by atoms with Gasteiger partial charge in [0.05, 0.1) is 34.2 Å². The third-order valence-corrected chi connectivity index (χ3v) is 9.19. The van der Waals surface area contributed by atoms with Crippen LogP contribution in [0.25, 0.3) is 11.0 Å². The molecule has 0 radical (unpaired) electrons. The third kappa shape index (κ3) is 5.49. The Hall–Kier alpha value is -3.85. The molecule has 0 amide bonds. The van der Waals surface area contributed by atoms with E-state index in [0.29, 0.717) is 18.9 Å². The highest BCUT2D eigenvalue weighted by molar-refractivity contribution is 7.89. The lowest BCUT2D eigenvalue weighted by atomic mass is 9.88. The van der Waals surface area contributed by atoms with E-state index in [4.69, 9.17) is 4.98 Å². The molecule has 6 rings (SSSR count). The Bertz CT molecular complexity index is 1630. The van der Waals surface area contributed by atoms with Crippen molar-refractivity contribution in [1.29, 1.82) is 0 Å². The molecule has 2 N–H and O–H groups in total. The van der Waals surface area contributed by atoms with Gasteiger partial charge < -0.3 is 10.3 Å². The number of H-pyrrole nitrogens is 1. The molecular weight excluding hydrogens is 506 g/mol. The Labute approximate surface area is 229 Å². The van der Waals surface area contributed by atoms with Crippen molar-refractivity contribution in [2.24, 2.45) is 0 Å². The molecule has 8 heteroatoms. The summed E-state index contributed by atoms with van der Waals surface area (Å²) in [5.74, 6) is 0.637. The number of fused-ring (bicyclic) bond motifs is 2. The Kier molecular flexibility index (Phi) is 7.24. The zero-order valence-corrected chi connectivity index (χ0v) is 22.4. The molecule has 0 bridgehead atoms. The Balaban J connectivity index is 1.28. The van der Waals surface area contributed by atoms with Crippen molar-refractivity contribution in [1.82, 2.24) is 24.6 Å². The number of nitrogens with one attached hydrogen (secondary N) is 2. The molecule has 2 aromatic heterocycles. The standard InChI is InChI=1S/C31H31N5O2S/c37-39(38,26-17-15-23(16-18-26)20-32-21-25-10-5-6-19-33-25)36(22-31-34-28-12-3-4-13-29(28)35-31)30-14-7-9-24-8-1-2-11-27(24)30/h1-6,8,10-13,15-19,30,32H,7,9,14,20-22H2,(H,34,35). The third-order valence-electron chi connectivity index (χ3n) is 7.32. The predicted molar refractivity (Wildman–Crippen MR) is 152 cm³/mol. The van der Waals surface area contributed by atoms with Crippen LogP contribution < -0.4 is 5.32 Å². The van der Waals surface area contributed by atoms with Crippen LogP contribution in [-0.4, -0.2) is 27.7 Å². The van der Waals surface area contributed by atoms with Gasteiger partial charge in [0.1, 0.15) is 5.82 Å². The van der Waals surface area contributed by atoms with Crippen molar-refractivity contribution in [2.45, 2.75) is 49.8 Å². The van der Waals surface area contributed by atoms with Gasteiger partial charge in [-0.1, -0.05) is 54.6 Å². The molecule has 0 saturated carbocycles. The maximum atomic E-state index is 14.2. The Morgan fingerprint density at radius 1 is 0.897 bits per heavy atom. The number of rotatable bonds is 9. The minimum absolute atomic E-state index is 0.170. The Morgan fingerprint density at radius 3 is 2.51 bits per heavy atom. The minimum Gasteiger partial charge on any atom is -0.341 e. The fraction of sp³-hybridized carbons (Fsp3) is 0.226. The second-order valence-electron chi connectivity index (χ2n) is 9.93. The fourth-order valence-electron chi connectivity index (χ4n) is 5.37. The normalized spacial score (nSPS) is 15.5. The number of para-hydroxylation sites is 2. The summed E-state index contributed by atoms with van der Waals surface area (Å²) in [6, 6.07) is 28.8. The van der Waals surface area contributed by atoms with Gasteiger partial charge in [-0.3, -0.25) is 4.98 Å².